The van der Waals surface area contributed by atoms with Gasteiger partial charge in [-0.3, -0.25) is 19.2 Å². The van der Waals surface area contributed by atoms with Gasteiger partial charge < -0.3 is 4.90 Å². The predicted molar refractivity (Wildman–Crippen MR) is 153 cm³/mol. The highest BCUT2D eigenvalue weighted by Crippen LogP contribution is 2.33. The zero-order valence-corrected chi connectivity index (χ0v) is 24.2. The number of anilines is 1. The lowest BCUT2D eigenvalue weighted by molar-refractivity contribution is -0.131. The molecule has 0 unspecified atom stereocenters. The molecule has 2 aromatic heterocycles. The number of benzene rings is 1. The average molecular weight is 585 g/mol. The summed E-state index contributed by atoms with van der Waals surface area (Å²) >= 11 is 7.77. The Balaban J connectivity index is 0.00000190. The van der Waals surface area contributed by atoms with E-state index in [1.807, 2.05) is 53.3 Å². The number of carbonyl (C=O) groups is 2. The molecule has 3 heterocycles. The number of aryl methyl sites for hydroxylation is 2. The Morgan fingerprint density at radius 3 is 2.57 bits per heavy atom. The summed E-state index contributed by atoms with van der Waals surface area (Å²) in [6.07, 6.45) is 6.25. The van der Waals surface area contributed by atoms with E-state index in [0.29, 0.717) is 30.2 Å². The standard InChI is InChI=1S/C26H30ClN5O2S.2ClH/c1-30(25-19-8-4-6-10-21(19)29-31(25)2)26(34)22-16-35-24(28-22)17-11-13-32(14-12-17)23(33)15-18-7-3-5-9-20(18)27;;/h3,5,7,9,16-17H,4,6,8,10-15H2,1-2H3;2*1H. The van der Waals surface area contributed by atoms with Crippen LogP contribution in [0.15, 0.2) is 29.6 Å². The van der Waals surface area contributed by atoms with Crippen LogP contribution in [0, 0.1) is 0 Å². The van der Waals surface area contributed by atoms with Crippen molar-refractivity contribution in [2.75, 3.05) is 25.0 Å². The van der Waals surface area contributed by atoms with E-state index in [9.17, 15) is 9.59 Å². The number of amides is 2. The van der Waals surface area contributed by atoms with E-state index in [0.717, 1.165) is 60.6 Å². The first-order valence-corrected chi connectivity index (χ1v) is 13.5. The van der Waals surface area contributed by atoms with Gasteiger partial charge in [0.05, 0.1) is 17.1 Å². The van der Waals surface area contributed by atoms with Crippen LogP contribution >= 0.6 is 47.8 Å². The quantitative estimate of drug-likeness (QED) is 0.398. The molecular weight excluding hydrogens is 553 g/mol. The summed E-state index contributed by atoms with van der Waals surface area (Å²) < 4.78 is 1.83. The number of likely N-dealkylation sites (tertiary alicyclic amines) is 1. The van der Waals surface area contributed by atoms with Gasteiger partial charge >= 0.3 is 0 Å². The first-order chi connectivity index (χ1) is 16.9. The predicted octanol–water partition coefficient (Wildman–Crippen LogP) is 5.48. The first-order valence-electron chi connectivity index (χ1n) is 12.2. The van der Waals surface area contributed by atoms with Crippen LogP contribution in [-0.2, 0) is 31.1 Å². The molecule has 1 aliphatic heterocycles. The molecule has 2 aliphatic rings. The fourth-order valence-electron chi connectivity index (χ4n) is 5.22. The van der Waals surface area contributed by atoms with Gasteiger partial charge in [0.1, 0.15) is 11.5 Å². The minimum Gasteiger partial charge on any atom is -0.342 e. The van der Waals surface area contributed by atoms with E-state index in [2.05, 4.69) is 5.10 Å². The molecule has 5 rings (SSSR count). The van der Waals surface area contributed by atoms with Gasteiger partial charge in [0.15, 0.2) is 0 Å². The number of thiazole rings is 1. The van der Waals surface area contributed by atoms with Gasteiger partial charge in [-0.1, -0.05) is 29.8 Å². The topological polar surface area (TPSA) is 71.3 Å². The maximum absolute atomic E-state index is 13.3. The molecule has 3 aromatic rings. The second-order valence-electron chi connectivity index (χ2n) is 9.44. The molecule has 37 heavy (non-hydrogen) atoms. The zero-order chi connectivity index (χ0) is 24.5. The summed E-state index contributed by atoms with van der Waals surface area (Å²) in [5, 5.41) is 8.12. The lowest BCUT2D eigenvalue weighted by atomic mass is 9.97. The third-order valence-electron chi connectivity index (χ3n) is 7.15. The summed E-state index contributed by atoms with van der Waals surface area (Å²) in [4.78, 5) is 34.4. The highest BCUT2D eigenvalue weighted by molar-refractivity contribution is 7.10. The van der Waals surface area contributed by atoms with Crippen LogP contribution in [0.25, 0.3) is 0 Å². The molecule has 1 aliphatic carbocycles. The van der Waals surface area contributed by atoms with Crippen molar-refractivity contribution >= 4 is 65.4 Å². The fourth-order valence-corrected chi connectivity index (χ4v) is 6.39. The molecule has 11 heteroatoms. The van der Waals surface area contributed by atoms with Crippen LogP contribution in [0.1, 0.15) is 63.9 Å². The molecule has 0 spiro atoms. The lowest BCUT2D eigenvalue weighted by Gasteiger charge is -2.31. The van der Waals surface area contributed by atoms with Crippen molar-refractivity contribution in [3.63, 3.8) is 0 Å². The monoisotopic (exact) mass is 583 g/mol. The van der Waals surface area contributed by atoms with E-state index in [1.165, 1.54) is 5.56 Å². The molecule has 0 radical (unpaired) electrons. The maximum Gasteiger partial charge on any atom is 0.278 e. The third-order valence-corrected chi connectivity index (χ3v) is 8.52. The number of fused-ring (bicyclic) bond motifs is 1. The fraction of sp³-hybridized carbons (Fsp3) is 0.462. The van der Waals surface area contributed by atoms with Gasteiger partial charge in [-0.25, -0.2) is 4.98 Å². The minimum absolute atomic E-state index is 0. The van der Waals surface area contributed by atoms with E-state index in [-0.39, 0.29) is 42.5 Å². The summed E-state index contributed by atoms with van der Waals surface area (Å²) in [5.41, 5.74) is 3.65. The first kappa shape index (κ1) is 29.4. The third kappa shape index (κ3) is 6.14. The van der Waals surface area contributed by atoms with Crippen molar-refractivity contribution in [3.05, 3.63) is 62.2 Å². The zero-order valence-electron chi connectivity index (χ0n) is 21.0. The number of halogens is 3. The van der Waals surface area contributed by atoms with Crippen molar-refractivity contribution in [2.45, 2.75) is 50.9 Å². The van der Waals surface area contributed by atoms with Gasteiger partial charge in [0.2, 0.25) is 5.91 Å². The van der Waals surface area contributed by atoms with Crippen molar-refractivity contribution < 1.29 is 9.59 Å². The van der Waals surface area contributed by atoms with Crippen LogP contribution < -0.4 is 4.90 Å². The Hall–Kier alpha value is -2.13. The number of carbonyl (C=O) groups excluding carboxylic acids is 2. The van der Waals surface area contributed by atoms with Crippen LogP contribution in [0.5, 0.6) is 0 Å². The molecule has 1 saturated heterocycles. The van der Waals surface area contributed by atoms with Crippen LogP contribution in [0.3, 0.4) is 0 Å². The molecule has 0 N–H and O–H groups in total. The summed E-state index contributed by atoms with van der Waals surface area (Å²) in [6.45, 7) is 1.38. The van der Waals surface area contributed by atoms with E-state index in [4.69, 9.17) is 16.6 Å². The molecule has 2 amide bonds. The van der Waals surface area contributed by atoms with E-state index in [1.54, 1.807) is 16.2 Å². The second-order valence-corrected chi connectivity index (χ2v) is 10.7. The highest BCUT2D eigenvalue weighted by atomic mass is 35.5. The Morgan fingerprint density at radius 2 is 1.84 bits per heavy atom. The smallest absolute Gasteiger partial charge is 0.278 e. The number of rotatable bonds is 5. The summed E-state index contributed by atoms with van der Waals surface area (Å²) in [7, 11) is 3.72. The molecular formula is C26H32Cl3N5O2S. The van der Waals surface area contributed by atoms with Gasteiger partial charge in [-0.05, 0) is 50.2 Å². The van der Waals surface area contributed by atoms with Gasteiger partial charge in [-0.15, -0.1) is 36.2 Å². The van der Waals surface area contributed by atoms with Crippen molar-refractivity contribution in [2.24, 2.45) is 7.05 Å². The lowest BCUT2D eigenvalue weighted by Crippen LogP contribution is -2.38. The molecule has 200 valence electrons. The van der Waals surface area contributed by atoms with Crippen LogP contribution in [0.4, 0.5) is 5.82 Å². The Bertz CT molecular complexity index is 1250. The van der Waals surface area contributed by atoms with Gasteiger partial charge in [0, 0.05) is 49.1 Å². The molecule has 0 saturated carbocycles. The second kappa shape index (κ2) is 12.6. The number of piperidine rings is 1. The number of hydrogen-bond donors (Lipinski definition) is 0. The number of hydrogen-bond acceptors (Lipinski definition) is 5. The molecule has 7 nitrogen and oxygen atoms in total. The normalized spacial score (nSPS) is 15.4. The largest absolute Gasteiger partial charge is 0.342 e. The van der Waals surface area contributed by atoms with Crippen LogP contribution in [-0.4, -0.2) is 51.6 Å². The Morgan fingerprint density at radius 1 is 1.14 bits per heavy atom. The molecule has 0 bridgehead atoms. The Kier molecular flexibility index (Phi) is 10.0. The van der Waals surface area contributed by atoms with E-state index < -0.39 is 0 Å². The minimum atomic E-state index is -0.101. The van der Waals surface area contributed by atoms with Crippen molar-refractivity contribution in [3.8, 4) is 0 Å². The average Bonchev–Trinajstić information content (AvgIpc) is 3.49. The summed E-state index contributed by atoms with van der Waals surface area (Å²) in [5.74, 6) is 1.15. The summed E-state index contributed by atoms with van der Waals surface area (Å²) in [6, 6.07) is 7.50. The maximum atomic E-state index is 13.3. The molecule has 1 aromatic carbocycles. The van der Waals surface area contributed by atoms with Crippen LogP contribution in [0.2, 0.25) is 5.02 Å². The number of aromatic nitrogens is 3. The van der Waals surface area contributed by atoms with Crippen molar-refractivity contribution in [1.29, 1.82) is 0 Å². The van der Waals surface area contributed by atoms with Gasteiger partial charge in [-0.2, -0.15) is 5.10 Å². The number of nitrogens with zero attached hydrogens (tertiary/aromatic N) is 5. The molecule has 1 fully saturated rings. The highest BCUT2D eigenvalue weighted by Gasteiger charge is 2.29. The van der Waals surface area contributed by atoms with Gasteiger partial charge in [0.25, 0.3) is 5.91 Å². The molecule has 0 atom stereocenters. The van der Waals surface area contributed by atoms with E-state index >= 15 is 0 Å². The van der Waals surface area contributed by atoms with Crippen molar-refractivity contribution in [1.82, 2.24) is 19.7 Å². The SMILES string of the molecule is CN(C(=O)c1csc(C2CCN(C(=O)Cc3ccccc3Cl)CC2)n1)c1c2c(nn1C)CCCC2.Cl.Cl. The Labute approximate surface area is 239 Å².